The summed E-state index contributed by atoms with van der Waals surface area (Å²) in [7, 11) is 0. The number of nitrogens with zero attached hydrogens (tertiary/aromatic N) is 1. The molecule has 0 saturated carbocycles. The molecule has 4 heteroatoms. The van der Waals surface area contributed by atoms with Crippen molar-refractivity contribution in [3.63, 3.8) is 0 Å². The van der Waals surface area contributed by atoms with Gasteiger partial charge in [-0.15, -0.1) is 0 Å². The normalized spacial score (nSPS) is 10.6. The molecule has 1 aromatic heterocycles. The Morgan fingerprint density at radius 2 is 1.89 bits per heavy atom. The number of nitrogen functional groups attached to an aromatic ring is 1. The molecule has 0 radical (unpaired) electrons. The maximum absolute atomic E-state index is 6.18. The zero-order chi connectivity index (χ0) is 13.2. The molecule has 2 aromatic carbocycles. The molecule has 0 unspecified atom stereocenters. The van der Waals surface area contributed by atoms with Crippen LogP contribution in [0.1, 0.15) is 0 Å². The SMILES string of the molecule is Nc1cccc(Cl)c1Nc1cccc2cnccc12. The Hall–Kier alpha value is -2.26. The van der Waals surface area contributed by atoms with E-state index in [0.717, 1.165) is 22.1 Å². The van der Waals surface area contributed by atoms with Crippen LogP contribution in [-0.2, 0) is 0 Å². The summed E-state index contributed by atoms with van der Waals surface area (Å²) in [6.45, 7) is 0. The molecule has 0 amide bonds. The first-order valence-corrected chi connectivity index (χ1v) is 6.27. The summed E-state index contributed by atoms with van der Waals surface area (Å²) >= 11 is 6.18. The van der Waals surface area contributed by atoms with E-state index in [9.17, 15) is 0 Å². The van der Waals surface area contributed by atoms with Crippen LogP contribution in [0, 0.1) is 0 Å². The molecule has 1 heterocycles. The van der Waals surface area contributed by atoms with Crippen LogP contribution in [0.25, 0.3) is 10.8 Å². The Balaban J connectivity index is 2.11. The maximum Gasteiger partial charge on any atom is 0.0807 e. The van der Waals surface area contributed by atoms with Crippen LogP contribution in [0.3, 0.4) is 0 Å². The van der Waals surface area contributed by atoms with Crippen LogP contribution < -0.4 is 11.1 Å². The largest absolute Gasteiger partial charge is 0.397 e. The van der Waals surface area contributed by atoms with Crippen LogP contribution in [0.15, 0.2) is 54.9 Å². The highest BCUT2D eigenvalue weighted by molar-refractivity contribution is 6.34. The van der Waals surface area contributed by atoms with E-state index in [2.05, 4.69) is 10.3 Å². The van der Waals surface area contributed by atoms with Crippen LogP contribution in [0.4, 0.5) is 17.1 Å². The third-order valence-corrected chi connectivity index (χ3v) is 3.30. The summed E-state index contributed by atoms with van der Waals surface area (Å²) in [4.78, 5) is 4.12. The molecule has 3 nitrogen and oxygen atoms in total. The van der Waals surface area contributed by atoms with Gasteiger partial charge in [0.2, 0.25) is 0 Å². The predicted octanol–water partition coefficient (Wildman–Crippen LogP) is 4.21. The summed E-state index contributed by atoms with van der Waals surface area (Å²) in [6, 6.07) is 13.4. The van der Waals surface area contributed by atoms with Gasteiger partial charge in [-0.2, -0.15) is 0 Å². The highest BCUT2D eigenvalue weighted by Gasteiger charge is 2.06. The number of rotatable bonds is 2. The van der Waals surface area contributed by atoms with Gasteiger partial charge in [-0.1, -0.05) is 29.8 Å². The summed E-state index contributed by atoms with van der Waals surface area (Å²) < 4.78 is 0. The zero-order valence-corrected chi connectivity index (χ0v) is 10.9. The number of halogens is 1. The van der Waals surface area contributed by atoms with Crippen molar-refractivity contribution in [2.75, 3.05) is 11.1 Å². The molecule has 3 aromatic rings. The van der Waals surface area contributed by atoms with Gasteiger partial charge in [0.25, 0.3) is 0 Å². The van der Waals surface area contributed by atoms with Crippen molar-refractivity contribution < 1.29 is 0 Å². The van der Waals surface area contributed by atoms with Crippen molar-refractivity contribution >= 4 is 39.4 Å². The molecule has 0 aliphatic rings. The number of nitrogens with one attached hydrogen (secondary N) is 1. The van der Waals surface area contributed by atoms with E-state index in [1.807, 2.05) is 48.7 Å². The number of nitrogens with two attached hydrogens (primary N) is 1. The van der Waals surface area contributed by atoms with E-state index in [1.54, 1.807) is 6.20 Å². The number of para-hydroxylation sites is 1. The van der Waals surface area contributed by atoms with E-state index in [1.165, 1.54) is 0 Å². The lowest BCUT2D eigenvalue weighted by atomic mass is 10.1. The van der Waals surface area contributed by atoms with Crippen LogP contribution in [0.2, 0.25) is 5.02 Å². The summed E-state index contributed by atoms with van der Waals surface area (Å²) in [5.74, 6) is 0. The molecule has 0 spiro atoms. The molecular formula is C15H12ClN3. The minimum Gasteiger partial charge on any atom is -0.397 e. The van der Waals surface area contributed by atoms with Crippen molar-refractivity contribution in [1.82, 2.24) is 4.98 Å². The Bertz CT molecular complexity index is 715. The number of anilines is 3. The van der Waals surface area contributed by atoms with Crippen molar-refractivity contribution in [2.24, 2.45) is 0 Å². The average molecular weight is 270 g/mol. The van der Waals surface area contributed by atoms with Gasteiger partial charge in [-0.05, 0) is 24.3 Å². The summed E-state index contributed by atoms with van der Waals surface area (Å²) in [5.41, 5.74) is 8.27. The average Bonchev–Trinajstić information content (AvgIpc) is 2.43. The van der Waals surface area contributed by atoms with Crippen LogP contribution in [0.5, 0.6) is 0 Å². The quantitative estimate of drug-likeness (QED) is 0.685. The lowest BCUT2D eigenvalue weighted by Gasteiger charge is -2.13. The third-order valence-electron chi connectivity index (χ3n) is 2.99. The Kier molecular flexibility index (Phi) is 2.97. The molecular weight excluding hydrogens is 258 g/mol. The van der Waals surface area contributed by atoms with Crippen molar-refractivity contribution in [1.29, 1.82) is 0 Å². The highest BCUT2D eigenvalue weighted by atomic mass is 35.5. The summed E-state index contributed by atoms with van der Waals surface area (Å²) in [5, 5.41) is 6.05. The lowest BCUT2D eigenvalue weighted by molar-refractivity contribution is 1.36. The van der Waals surface area contributed by atoms with Gasteiger partial charge in [0, 0.05) is 28.9 Å². The van der Waals surface area contributed by atoms with Gasteiger partial charge in [-0.25, -0.2) is 0 Å². The molecule has 0 bridgehead atoms. The van der Waals surface area contributed by atoms with Gasteiger partial charge in [0.15, 0.2) is 0 Å². The molecule has 3 rings (SSSR count). The third kappa shape index (κ3) is 2.20. The number of benzene rings is 2. The van der Waals surface area contributed by atoms with Gasteiger partial charge in [0.1, 0.15) is 0 Å². The van der Waals surface area contributed by atoms with E-state index >= 15 is 0 Å². The fraction of sp³-hybridized carbons (Fsp3) is 0. The minimum atomic E-state index is 0.603. The van der Waals surface area contributed by atoms with Crippen molar-refractivity contribution in [3.05, 3.63) is 59.9 Å². The molecule has 94 valence electrons. The molecule has 3 N–H and O–H groups in total. The number of hydrogen-bond donors (Lipinski definition) is 2. The second kappa shape index (κ2) is 4.78. The minimum absolute atomic E-state index is 0.603. The Morgan fingerprint density at radius 3 is 2.74 bits per heavy atom. The second-order valence-corrected chi connectivity index (χ2v) is 4.64. The standard InChI is InChI=1S/C15H12ClN3/c16-12-4-2-5-13(17)15(12)19-14-6-1-3-10-9-18-8-7-11(10)14/h1-9,19H,17H2. The van der Waals surface area contributed by atoms with Crippen molar-refractivity contribution in [3.8, 4) is 0 Å². The second-order valence-electron chi connectivity index (χ2n) is 4.23. The number of fused-ring (bicyclic) bond motifs is 1. The smallest absolute Gasteiger partial charge is 0.0807 e. The van der Waals surface area contributed by atoms with E-state index < -0.39 is 0 Å². The van der Waals surface area contributed by atoms with Gasteiger partial charge < -0.3 is 11.1 Å². The number of aromatic nitrogens is 1. The van der Waals surface area contributed by atoms with Crippen LogP contribution >= 0.6 is 11.6 Å². The predicted molar refractivity (Wildman–Crippen MR) is 80.9 cm³/mol. The zero-order valence-electron chi connectivity index (χ0n) is 10.1. The molecule has 19 heavy (non-hydrogen) atoms. The van der Waals surface area contributed by atoms with E-state index in [-0.39, 0.29) is 0 Å². The fourth-order valence-corrected chi connectivity index (χ4v) is 2.27. The number of pyridine rings is 1. The van der Waals surface area contributed by atoms with Gasteiger partial charge in [0.05, 0.1) is 16.4 Å². The topological polar surface area (TPSA) is 50.9 Å². The first-order chi connectivity index (χ1) is 9.25. The first kappa shape index (κ1) is 11.8. The van der Waals surface area contributed by atoms with E-state index in [0.29, 0.717) is 10.7 Å². The fourth-order valence-electron chi connectivity index (χ4n) is 2.04. The molecule has 0 fully saturated rings. The highest BCUT2D eigenvalue weighted by Crippen LogP contribution is 2.33. The van der Waals surface area contributed by atoms with Crippen LogP contribution in [-0.4, -0.2) is 4.98 Å². The van der Waals surface area contributed by atoms with Gasteiger partial charge >= 0.3 is 0 Å². The molecule has 0 saturated heterocycles. The molecule has 0 atom stereocenters. The lowest BCUT2D eigenvalue weighted by Crippen LogP contribution is -1.97. The molecule has 0 aliphatic carbocycles. The molecule has 0 aliphatic heterocycles. The van der Waals surface area contributed by atoms with Gasteiger partial charge in [-0.3, -0.25) is 4.98 Å². The first-order valence-electron chi connectivity index (χ1n) is 5.89. The van der Waals surface area contributed by atoms with Crippen molar-refractivity contribution in [2.45, 2.75) is 0 Å². The maximum atomic E-state index is 6.18. The summed E-state index contributed by atoms with van der Waals surface area (Å²) in [6.07, 6.45) is 3.60. The Morgan fingerprint density at radius 1 is 1.05 bits per heavy atom. The Labute approximate surface area is 116 Å². The van der Waals surface area contributed by atoms with E-state index in [4.69, 9.17) is 17.3 Å². The monoisotopic (exact) mass is 269 g/mol. The number of hydrogen-bond acceptors (Lipinski definition) is 3.